The van der Waals surface area contributed by atoms with E-state index in [4.69, 9.17) is 14.9 Å². The minimum atomic E-state index is -0.954. The minimum Gasteiger partial charge on any atom is -0.481 e. The molecule has 0 rings (SSSR count). The highest BCUT2D eigenvalue weighted by Crippen LogP contribution is 2.13. The second-order valence-electron chi connectivity index (χ2n) is 8.26. The molecule has 0 amide bonds. The summed E-state index contributed by atoms with van der Waals surface area (Å²) in [6.07, 6.45) is 8.86. The van der Waals surface area contributed by atoms with Crippen LogP contribution in [0.3, 0.4) is 0 Å². The third kappa shape index (κ3) is 18.9. The summed E-state index contributed by atoms with van der Waals surface area (Å²) in [5.74, 6) is -1.99. The van der Waals surface area contributed by atoms with E-state index in [9.17, 15) is 14.4 Å². The topological polar surface area (TPSA) is 101 Å². The number of carbonyl (C=O) groups is 3. The van der Waals surface area contributed by atoms with Gasteiger partial charge in [0.25, 0.3) is 0 Å². The van der Waals surface area contributed by atoms with Gasteiger partial charge in [-0.2, -0.15) is 0 Å². The standard InChI is InChI=1S/C20H37NO6/c1-21(2,3)16-17(15-19(24)25)27-20(26)14-12-10-8-6-4-5-7-9-11-13-18(22)23/h17H,4-16H2,1-3H3,(H-,22,23,24,25)/p+1. The van der Waals surface area contributed by atoms with Gasteiger partial charge in [-0.25, -0.2) is 0 Å². The molecule has 0 aromatic carbocycles. The Morgan fingerprint density at radius 1 is 0.741 bits per heavy atom. The highest BCUT2D eigenvalue weighted by molar-refractivity contribution is 5.71. The first kappa shape index (κ1) is 25.4. The Balaban J connectivity index is 3.71. The fraction of sp³-hybridized carbons (Fsp3) is 0.850. The maximum absolute atomic E-state index is 11.9. The summed E-state index contributed by atoms with van der Waals surface area (Å²) in [5.41, 5.74) is 0. The zero-order valence-corrected chi connectivity index (χ0v) is 17.2. The number of hydrogen-bond donors (Lipinski definition) is 2. The summed E-state index contributed by atoms with van der Waals surface area (Å²) in [6, 6.07) is 0. The van der Waals surface area contributed by atoms with E-state index in [0.717, 1.165) is 57.8 Å². The zero-order chi connectivity index (χ0) is 20.7. The van der Waals surface area contributed by atoms with E-state index in [1.54, 1.807) is 0 Å². The Hall–Kier alpha value is -1.63. The number of ether oxygens (including phenoxy) is 1. The van der Waals surface area contributed by atoms with Crippen LogP contribution >= 0.6 is 0 Å². The van der Waals surface area contributed by atoms with Crippen molar-refractivity contribution in [3.05, 3.63) is 0 Å². The molecular weight excluding hydrogens is 350 g/mol. The maximum atomic E-state index is 11.9. The van der Waals surface area contributed by atoms with Crippen molar-refractivity contribution >= 4 is 17.9 Å². The largest absolute Gasteiger partial charge is 0.481 e. The number of unbranched alkanes of at least 4 members (excludes halogenated alkanes) is 8. The summed E-state index contributed by atoms with van der Waals surface area (Å²) in [6.45, 7) is 0.477. The van der Waals surface area contributed by atoms with E-state index in [2.05, 4.69) is 0 Å². The van der Waals surface area contributed by atoms with Gasteiger partial charge in [-0.1, -0.05) is 44.9 Å². The fourth-order valence-electron chi connectivity index (χ4n) is 2.98. The predicted octanol–water partition coefficient (Wildman–Crippen LogP) is 3.45. The first-order valence-corrected chi connectivity index (χ1v) is 10.0. The third-order valence-corrected chi connectivity index (χ3v) is 4.22. The van der Waals surface area contributed by atoms with Crippen molar-refractivity contribution in [2.75, 3.05) is 27.7 Å². The number of esters is 1. The van der Waals surface area contributed by atoms with Gasteiger partial charge in [0.2, 0.25) is 0 Å². The Labute approximate surface area is 163 Å². The maximum Gasteiger partial charge on any atom is 0.307 e. The summed E-state index contributed by atoms with van der Waals surface area (Å²) in [4.78, 5) is 33.3. The van der Waals surface area contributed by atoms with Gasteiger partial charge in [0.05, 0.1) is 27.6 Å². The van der Waals surface area contributed by atoms with Crippen LogP contribution in [0.15, 0.2) is 0 Å². The molecule has 0 aliphatic rings. The Morgan fingerprint density at radius 2 is 1.19 bits per heavy atom. The molecule has 158 valence electrons. The zero-order valence-electron chi connectivity index (χ0n) is 17.2. The molecule has 27 heavy (non-hydrogen) atoms. The average molecular weight is 389 g/mol. The van der Waals surface area contributed by atoms with Crippen LogP contribution in [0.25, 0.3) is 0 Å². The molecule has 0 aromatic rings. The quantitative estimate of drug-likeness (QED) is 0.225. The van der Waals surface area contributed by atoms with Gasteiger partial charge in [0, 0.05) is 12.8 Å². The van der Waals surface area contributed by atoms with Crippen molar-refractivity contribution in [3.8, 4) is 0 Å². The van der Waals surface area contributed by atoms with E-state index in [1.807, 2.05) is 21.1 Å². The number of hydrogen-bond acceptors (Lipinski definition) is 4. The van der Waals surface area contributed by atoms with Crippen LogP contribution in [-0.2, 0) is 19.1 Å². The van der Waals surface area contributed by atoms with Crippen molar-refractivity contribution in [2.45, 2.75) is 83.2 Å². The smallest absolute Gasteiger partial charge is 0.307 e. The summed E-state index contributed by atoms with van der Waals surface area (Å²) >= 11 is 0. The lowest BCUT2D eigenvalue weighted by molar-refractivity contribution is -0.873. The van der Waals surface area contributed by atoms with Crippen molar-refractivity contribution in [3.63, 3.8) is 0 Å². The highest BCUT2D eigenvalue weighted by atomic mass is 16.5. The number of aliphatic carboxylic acids is 2. The molecule has 0 aliphatic carbocycles. The molecule has 2 N–H and O–H groups in total. The number of carboxylic acids is 2. The van der Waals surface area contributed by atoms with E-state index < -0.39 is 18.0 Å². The number of rotatable bonds is 17. The van der Waals surface area contributed by atoms with E-state index >= 15 is 0 Å². The van der Waals surface area contributed by atoms with Crippen LogP contribution in [0.5, 0.6) is 0 Å². The number of carboxylic acid groups (broad SMARTS) is 2. The van der Waals surface area contributed by atoms with Gasteiger partial charge in [-0.15, -0.1) is 0 Å². The van der Waals surface area contributed by atoms with E-state index in [0.29, 0.717) is 17.4 Å². The van der Waals surface area contributed by atoms with Crippen LogP contribution < -0.4 is 0 Å². The summed E-state index contributed by atoms with van der Waals surface area (Å²) in [5, 5.41) is 17.5. The molecule has 7 heteroatoms. The molecule has 0 heterocycles. The average Bonchev–Trinajstić information content (AvgIpc) is 2.49. The fourth-order valence-corrected chi connectivity index (χ4v) is 2.98. The highest BCUT2D eigenvalue weighted by Gasteiger charge is 2.24. The number of carbonyl (C=O) groups excluding carboxylic acids is 1. The second-order valence-corrected chi connectivity index (χ2v) is 8.26. The first-order chi connectivity index (χ1) is 12.6. The van der Waals surface area contributed by atoms with Gasteiger partial charge < -0.3 is 19.4 Å². The third-order valence-electron chi connectivity index (χ3n) is 4.22. The monoisotopic (exact) mass is 388 g/mol. The molecule has 1 unspecified atom stereocenters. The van der Waals surface area contributed by atoms with Crippen molar-refractivity contribution in [2.24, 2.45) is 0 Å². The molecule has 0 aliphatic heterocycles. The van der Waals surface area contributed by atoms with E-state index in [1.165, 1.54) is 0 Å². The van der Waals surface area contributed by atoms with Gasteiger partial charge >= 0.3 is 17.9 Å². The minimum absolute atomic E-state index is 0.159. The Morgan fingerprint density at radius 3 is 1.59 bits per heavy atom. The molecule has 1 atom stereocenters. The Kier molecular flexibility index (Phi) is 13.6. The lowest BCUT2D eigenvalue weighted by Gasteiger charge is -2.28. The van der Waals surface area contributed by atoms with Gasteiger partial charge in [0.15, 0.2) is 6.10 Å². The second kappa shape index (κ2) is 14.4. The van der Waals surface area contributed by atoms with Gasteiger partial charge in [-0.05, 0) is 12.8 Å². The molecule has 0 saturated heterocycles. The van der Waals surface area contributed by atoms with Crippen molar-refractivity contribution in [1.82, 2.24) is 0 Å². The lowest BCUT2D eigenvalue weighted by atomic mass is 10.1. The Bertz CT molecular complexity index is 444. The van der Waals surface area contributed by atoms with Crippen LogP contribution in [0.4, 0.5) is 0 Å². The van der Waals surface area contributed by atoms with Crippen LogP contribution in [0.2, 0.25) is 0 Å². The lowest BCUT2D eigenvalue weighted by Crippen LogP contribution is -2.43. The van der Waals surface area contributed by atoms with Gasteiger partial charge in [0.1, 0.15) is 6.54 Å². The molecule has 0 bridgehead atoms. The molecular formula is C20H38NO6+. The van der Waals surface area contributed by atoms with Crippen LogP contribution in [0.1, 0.15) is 77.0 Å². The van der Waals surface area contributed by atoms with Crippen molar-refractivity contribution in [1.29, 1.82) is 0 Å². The molecule has 7 nitrogen and oxygen atoms in total. The van der Waals surface area contributed by atoms with Crippen LogP contribution in [-0.4, -0.2) is 66.4 Å². The SMILES string of the molecule is C[N+](C)(C)CC(CC(=O)O)OC(=O)CCCCCCCCCCCC(=O)O. The molecule has 0 aromatic heterocycles. The molecule has 0 fully saturated rings. The normalized spacial score (nSPS) is 12.6. The first-order valence-electron chi connectivity index (χ1n) is 10.0. The van der Waals surface area contributed by atoms with Gasteiger partial charge in [-0.3, -0.25) is 14.4 Å². The molecule has 0 spiro atoms. The molecule has 0 saturated carbocycles. The van der Waals surface area contributed by atoms with Crippen LogP contribution in [0, 0.1) is 0 Å². The number of nitrogens with zero attached hydrogens (tertiary/aromatic N) is 1. The summed E-state index contributed by atoms with van der Waals surface area (Å²) in [7, 11) is 5.82. The molecule has 0 radical (unpaired) electrons. The summed E-state index contributed by atoms with van der Waals surface area (Å²) < 4.78 is 5.90. The van der Waals surface area contributed by atoms with Crippen molar-refractivity contribution < 1.29 is 33.8 Å². The predicted molar refractivity (Wildman–Crippen MR) is 103 cm³/mol. The number of quaternary nitrogens is 1. The number of likely N-dealkylation sites (N-methyl/N-ethyl adjacent to an activating group) is 1. The van der Waals surface area contributed by atoms with E-state index in [-0.39, 0.29) is 18.8 Å².